The van der Waals surface area contributed by atoms with Crippen molar-refractivity contribution in [2.45, 2.75) is 0 Å². The minimum Gasteiger partial charge on any atom is -0.486 e. The van der Waals surface area contributed by atoms with Crippen molar-refractivity contribution in [1.29, 1.82) is 0 Å². The number of carbonyl (C=O) groups is 3. The van der Waals surface area contributed by atoms with Crippen molar-refractivity contribution in [2.24, 2.45) is 0 Å². The molecule has 10 nitrogen and oxygen atoms in total. The van der Waals surface area contributed by atoms with Crippen molar-refractivity contribution >= 4 is 29.0 Å². The average Bonchev–Trinajstić information content (AvgIpc) is 2.87. The minimum atomic E-state index is -0.949. The molecule has 0 fully saturated rings. The molecule has 1 N–H and O–H groups in total. The summed E-state index contributed by atoms with van der Waals surface area (Å²) in [5, 5.41) is 13.3. The number of nitro groups is 1. The van der Waals surface area contributed by atoms with Gasteiger partial charge in [0.15, 0.2) is 23.9 Å². The number of amides is 1. The van der Waals surface area contributed by atoms with Crippen LogP contribution in [0.4, 0.5) is 15.8 Å². The third-order valence-electron chi connectivity index (χ3n) is 4.96. The van der Waals surface area contributed by atoms with Crippen LogP contribution in [0.5, 0.6) is 11.5 Å². The number of carbonyl (C=O) groups excluding carboxylic acids is 3. The zero-order valence-electron chi connectivity index (χ0n) is 18.0. The van der Waals surface area contributed by atoms with E-state index in [2.05, 4.69) is 5.32 Å². The topological polar surface area (TPSA) is 134 Å². The maximum absolute atomic E-state index is 13.3. The van der Waals surface area contributed by atoms with Gasteiger partial charge in [0.25, 0.3) is 11.6 Å². The molecule has 0 spiro atoms. The molecule has 0 unspecified atom stereocenters. The lowest BCUT2D eigenvalue weighted by molar-refractivity contribution is -0.384. The van der Waals surface area contributed by atoms with E-state index in [0.717, 1.165) is 12.1 Å². The molecule has 4 rings (SSSR count). The number of halogens is 1. The molecular weight excluding hydrogens is 463 g/mol. The second kappa shape index (κ2) is 10.00. The van der Waals surface area contributed by atoms with E-state index in [1.54, 1.807) is 18.2 Å². The summed E-state index contributed by atoms with van der Waals surface area (Å²) in [6.07, 6.45) is 0. The fourth-order valence-electron chi connectivity index (χ4n) is 3.36. The Morgan fingerprint density at radius 1 is 0.971 bits per heavy atom. The van der Waals surface area contributed by atoms with Gasteiger partial charge in [-0.2, -0.15) is 0 Å². The number of fused-ring (bicyclic) bond motifs is 1. The van der Waals surface area contributed by atoms with Crippen LogP contribution in [0.3, 0.4) is 0 Å². The van der Waals surface area contributed by atoms with E-state index >= 15 is 0 Å². The van der Waals surface area contributed by atoms with E-state index in [-0.39, 0.29) is 22.4 Å². The molecule has 0 saturated carbocycles. The van der Waals surface area contributed by atoms with Gasteiger partial charge >= 0.3 is 5.97 Å². The Morgan fingerprint density at radius 2 is 1.69 bits per heavy atom. The lowest BCUT2D eigenvalue weighted by Gasteiger charge is -2.18. The van der Waals surface area contributed by atoms with Crippen LogP contribution >= 0.6 is 0 Å². The Balaban J connectivity index is 1.46. The SMILES string of the molecule is O=C(COC(=O)c1ccccc1C(=O)c1ccc2c(c1)OCCO2)Nc1ccc(F)cc1[N+](=O)[O-]. The molecule has 178 valence electrons. The van der Waals surface area contributed by atoms with Gasteiger partial charge in [0.1, 0.15) is 24.7 Å². The molecule has 3 aromatic rings. The Bertz CT molecular complexity index is 1340. The fourth-order valence-corrected chi connectivity index (χ4v) is 3.36. The van der Waals surface area contributed by atoms with E-state index < -0.39 is 40.7 Å². The van der Waals surface area contributed by atoms with Gasteiger partial charge in [0.2, 0.25) is 0 Å². The maximum atomic E-state index is 13.3. The zero-order chi connectivity index (χ0) is 24.9. The smallest absolute Gasteiger partial charge is 0.339 e. The van der Waals surface area contributed by atoms with Crippen LogP contribution in [0.15, 0.2) is 60.7 Å². The first-order valence-corrected chi connectivity index (χ1v) is 10.3. The monoisotopic (exact) mass is 480 g/mol. The molecule has 1 aliphatic rings. The molecule has 35 heavy (non-hydrogen) atoms. The highest BCUT2D eigenvalue weighted by atomic mass is 19.1. The number of hydrogen-bond donors (Lipinski definition) is 1. The van der Waals surface area contributed by atoms with Gasteiger partial charge in [-0.3, -0.25) is 19.7 Å². The maximum Gasteiger partial charge on any atom is 0.339 e. The van der Waals surface area contributed by atoms with Crippen LogP contribution in [-0.4, -0.2) is 42.4 Å². The summed E-state index contributed by atoms with van der Waals surface area (Å²) < 4.78 is 29.2. The highest BCUT2D eigenvalue weighted by molar-refractivity contribution is 6.14. The number of rotatable bonds is 7. The van der Waals surface area contributed by atoms with Crippen molar-refractivity contribution in [3.63, 3.8) is 0 Å². The predicted molar refractivity (Wildman–Crippen MR) is 119 cm³/mol. The van der Waals surface area contributed by atoms with Gasteiger partial charge in [-0.05, 0) is 36.4 Å². The quantitative estimate of drug-likeness (QED) is 0.235. The molecule has 1 aliphatic heterocycles. The number of nitro benzene ring substituents is 1. The first kappa shape index (κ1) is 23.4. The number of nitrogens with zero attached hydrogens (tertiary/aromatic N) is 1. The summed E-state index contributed by atoms with van der Waals surface area (Å²) in [7, 11) is 0. The molecule has 0 aromatic heterocycles. The van der Waals surface area contributed by atoms with Crippen LogP contribution in [0.2, 0.25) is 0 Å². The van der Waals surface area contributed by atoms with Crippen LogP contribution < -0.4 is 14.8 Å². The van der Waals surface area contributed by atoms with Crippen molar-refractivity contribution < 1.29 is 37.9 Å². The second-order valence-electron chi connectivity index (χ2n) is 7.28. The molecule has 0 bridgehead atoms. The number of nitrogens with one attached hydrogen (secondary N) is 1. The van der Waals surface area contributed by atoms with Crippen molar-refractivity contribution in [3.8, 4) is 11.5 Å². The van der Waals surface area contributed by atoms with E-state index in [1.165, 1.54) is 24.3 Å². The van der Waals surface area contributed by atoms with Gasteiger partial charge in [-0.25, -0.2) is 9.18 Å². The average molecular weight is 480 g/mol. The van der Waals surface area contributed by atoms with Crippen LogP contribution in [0, 0.1) is 15.9 Å². The third kappa shape index (κ3) is 5.24. The highest BCUT2D eigenvalue weighted by Crippen LogP contribution is 2.32. The normalized spacial score (nSPS) is 11.9. The largest absolute Gasteiger partial charge is 0.486 e. The highest BCUT2D eigenvalue weighted by Gasteiger charge is 2.23. The Kier molecular flexibility index (Phi) is 6.67. The molecular formula is C24H17FN2O8. The lowest BCUT2D eigenvalue weighted by Crippen LogP contribution is -2.22. The summed E-state index contributed by atoms with van der Waals surface area (Å²) in [6.45, 7) is -0.0480. The summed E-state index contributed by atoms with van der Waals surface area (Å²) in [4.78, 5) is 48.1. The fraction of sp³-hybridized carbons (Fsp3) is 0.125. The number of hydrogen-bond acceptors (Lipinski definition) is 8. The zero-order valence-corrected chi connectivity index (χ0v) is 18.0. The summed E-state index contributed by atoms with van der Waals surface area (Å²) in [5.41, 5.74) is -0.681. The number of ketones is 1. The number of anilines is 1. The molecule has 0 saturated heterocycles. The third-order valence-corrected chi connectivity index (χ3v) is 4.96. The van der Waals surface area contributed by atoms with Crippen LogP contribution in [-0.2, 0) is 9.53 Å². The number of ether oxygens (including phenoxy) is 3. The van der Waals surface area contributed by atoms with E-state index in [1.807, 2.05) is 0 Å². The standard InChI is InChI=1S/C24H17FN2O8/c25-15-6-7-18(19(12-15)27(31)32)26-22(28)13-35-24(30)17-4-2-1-3-16(17)23(29)14-5-8-20-21(11-14)34-10-9-33-20/h1-8,11-12H,9-10,13H2,(H,26,28). The van der Waals surface area contributed by atoms with Crippen LogP contribution in [0.1, 0.15) is 26.3 Å². The van der Waals surface area contributed by atoms with E-state index in [4.69, 9.17) is 14.2 Å². The van der Waals surface area contributed by atoms with E-state index in [9.17, 15) is 28.9 Å². The molecule has 11 heteroatoms. The first-order chi connectivity index (χ1) is 16.8. The van der Waals surface area contributed by atoms with Gasteiger partial charge in [0.05, 0.1) is 16.6 Å². The molecule has 1 heterocycles. The first-order valence-electron chi connectivity index (χ1n) is 10.3. The lowest BCUT2D eigenvalue weighted by atomic mass is 9.98. The molecule has 3 aromatic carbocycles. The molecule has 0 radical (unpaired) electrons. The number of benzene rings is 3. The minimum absolute atomic E-state index is 0.0451. The predicted octanol–water partition coefficient (Wildman–Crippen LogP) is 3.53. The van der Waals surface area contributed by atoms with Gasteiger partial charge in [0, 0.05) is 11.1 Å². The number of esters is 1. The molecule has 0 aliphatic carbocycles. The molecule has 1 amide bonds. The molecule has 0 atom stereocenters. The summed E-state index contributed by atoms with van der Waals surface area (Å²) >= 11 is 0. The Labute approximate surface area is 197 Å². The summed E-state index contributed by atoms with van der Waals surface area (Å²) in [6, 6.07) is 13.2. The van der Waals surface area contributed by atoms with Crippen LogP contribution in [0.25, 0.3) is 0 Å². The Morgan fingerprint density at radius 3 is 2.43 bits per heavy atom. The second-order valence-corrected chi connectivity index (χ2v) is 7.28. The van der Waals surface area contributed by atoms with Gasteiger partial charge in [-0.1, -0.05) is 18.2 Å². The Hall–Kier alpha value is -4.80. The summed E-state index contributed by atoms with van der Waals surface area (Å²) in [5.74, 6) is -2.23. The van der Waals surface area contributed by atoms with Crippen molar-refractivity contribution in [1.82, 2.24) is 0 Å². The van der Waals surface area contributed by atoms with Crippen molar-refractivity contribution in [2.75, 3.05) is 25.1 Å². The van der Waals surface area contributed by atoms with Gasteiger partial charge < -0.3 is 19.5 Å². The van der Waals surface area contributed by atoms with E-state index in [0.29, 0.717) is 30.8 Å². The van der Waals surface area contributed by atoms with Gasteiger partial charge in [-0.15, -0.1) is 0 Å². The van der Waals surface area contributed by atoms with Crippen molar-refractivity contribution in [3.05, 3.63) is 93.3 Å².